The van der Waals surface area contributed by atoms with Crippen LogP contribution in [0.15, 0.2) is 30.3 Å². The lowest BCUT2D eigenvalue weighted by molar-refractivity contribution is -0.146. The Morgan fingerprint density at radius 2 is 1.88 bits per heavy atom. The first-order chi connectivity index (χ1) is 11.3. The Bertz CT molecular complexity index is 677. The van der Waals surface area contributed by atoms with Gasteiger partial charge in [0.1, 0.15) is 5.54 Å². The van der Waals surface area contributed by atoms with E-state index in [4.69, 9.17) is 5.73 Å². The second kappa shape index (κ2) is 5.90. The van der Waals surface area contributed by atoms with Crippen molar-refractivity contribution in [2.45, 2.75) is 24.9 Å². The number of hydrogen-bond donors (Lipinski definition) is 4. The molecule has 0 aromatic heterocycles. The average Bonchev–Trinajstić information content (AvgIpc) is 3.23. The van der Waals surface area contributed by atoms with Gasteiger partial charge in [-0.2, -0.15) is 0 Å². The smallest absolute Gasteiger partial charge is 0.324 e. The van der Waals surface area contributed by atoms with E-state index >= 15 is 0 Å². The zero-order valence-electron chi connectivity index (χ0n) is 13.0. The van der Waals surface area contributed by atoms with Gasteiger partial charge >= 0.3 is 11.9 Å². The molecule has 1 aromatic rings. The lowest BCUT2D eigenvalue weighted by Gasteiger charge is -2.24. The molecule has 0 heterocycles. The van der Waals surface area contributed by atoms with Crippen LogP contribution in [0.4, 0.5) is 0 Å². The maximum Gasteiger partial charge on any atom is 0.324 e. The van der Waals surface area contributed by atoms with Crippen molar-refractivity contribution in [2.75, 3.05) is 0 Å². The molecule has 0 radical (unpaired) electrons. The molecule has 2 aliphatic carbocycles. The van der Waals surface area contributed by atoms with Gasteiger partial charge in [-0.25, -0.2) is 0 Å². The Hall–Kier alpha value is -2.41. The van der Waals surface area contributed by atoms with Gasteiger partial charge in [-0.1, -0.05) is 30.3 Å². The predicted octanol–water partition coefficient (Wildman–Crippen LogP) is 0.442. The van der Waals surface area contributed by atoms with Crippen LogP contribution in [0.2, 0.25) is 0 Å². The van der Waals surface area contributed by atoms with E-state index in [-0.39, 0.29) is 30.6 Å². The average molecular weight is 332 g/mol. The van der Waals surface area contributed by atoms with Crippen molar-refractivity contribution in [3.05, 3.63) is 35.9 Å². The third-order valence-corrected chi connectivity index (χ3v) is 5.28. The van der Waals surface area contributed by atoms with Crippen LogP contribution >= 0.6 is 0 Å². The number of hydrogen-bond acceptors (Lipinski definition) is 4. The van der Waals surface area contributed by atoms with E-state index < -0.39 is 29.3 Å². The number of carbonyl (C=O) groups is 3. The molecule has 1 amide bonds. The second-order valence-corrected chi connectivity index (χ2v) is 6.74. The summed E-state index contributed by atoms with van der Waals surface area (Å²) in [6.45, 7) is 0.384. The Morgan fingerprint density at radius 3 is 2.46 bits per heavy atom. The highest BCUT2D eigenvalue weighted by Gasteiger charge is 2.73. The number of amides is 1. The van der Waals surface area contributed by atoms with Gasteiger partial charge in [0, 0.05) is 18.9 Å². The van der Waals surface area contributed by atoms with Gasteiger partial charge in [0.2, 0.25) is 5.91 Å². The first-order valence-corrected chi connectivity index (χ1v) is 7.90. The van der Waals surface area contributed by atoms with E-state index in [2.05, 4.69) is 5.32 Å². The molecule has 2 aliphatic rings. The van der Waals surface area contributed by atoms with Crippen LogP contribution in [0, 0.1) is 23.7 Å². The molecule has 0 spiro atoms. The molecule has 0 bridgehead atoms. The Balaban J connectivity index is 1.62. The molecule has 2 saturated carbocycles. The van der Waals surface area contributed by atoms with Gasteiger partial charge in [-0.05, 0) is 23.8 Å². The molecule has 7 heteroatoms. The fourth-order valence-corrected chi connectivity index (χ4v) is 4.15. The monoisotopic (exact) mass is 332 g/mol. The van der Waals surface area contributed by atoms with Gasteiger partial charge in [0.05, 0.1) is 5.92 Å². The number of carboxylic acid groups (broad SMARTS) is 2. The van der Waals surface area contributed by atoms with Crippen LogP contribution in [0.3, 0.4) is 0 Å². The Morgan fingerprint density at radius 1 is 1.21 bits per heavy atom. The van der Waals surface area contributed by atoms with Crippen LogP contribution in [0.5, 0.6) is 0 Å². The summed E-state index contributed by atoms with van der Waals surface area (Å²) >= 11 is 0. The maximum atomic E-state index is 12.1. The minimum atomic E-state index is -1.54. The first-order valence-electron chi connectivity index (χ1n) is 7.90. The molecular formula is C17H20N2O5. The number of aliphatic carboxylic acids is 2. The molecule has 24 heavy (non-hydrogen) atoms. The van der Waals surface area contributed by atoms with Crippen LogP contribution in [-0.2, 0) is 20.9 Å². The van der Waals surface area contributed by atoms with Crippen molar-refractivity contribution in [1.29, 1.82) is 0 Å². The third kappa shape index (κ3) is 2.75. The van der Waals surface area contributed by atoms with Crippen molar-refractivity contribution in [1.82, 2.24) is 5.32 Å². The summed E-state index contributed by atoms with van der Waals surface area (Å²) in [5.41, 5.74) is 5.37. The van der Waals surface area contributed by atoms with Gasteiger partial charge in [-0.15, -0.1) is 0 Å². The van der Waals surface area contributed by atoms with Gasteiger partial charge < -0.3 is 21.3 Å². The molecule has 0 saturated heterocycles. The van der Waals surface area contributed by atoms with E-state index in [0.717, 1.165) is 5.56 Å². The minimum absolute atomic E-state index is 0.101. The molecule has 128 valence electrons. The highest BCUT2D eigenvalue weighted by atomic mass is 16.4. The molecule has 5 atom stereocenters. The Labute approximate surface area is 138 Å². The second-order valence-electron chi connectivity index (χ2n) is 6.74. The van der Waals surface area contributed by atoms with Gasteiger partial charge in [0.25, 0.3) is 0 Å². The van der Waals surface area contributed by atoms with E-state index in [0.29, 0.717) is 6.54 Å². The van der Waals surface area contributed by atoms with E-state index in [1.54, 1.807) is 0 Å². The minimum Gasteiger partial charge on any atom is -0.481 e. The van der Waals surface area contributed by atoms with Crippen molar-refractivity contribution in [3.8, 4) is 0 Å². The molecule has 2 unspecified atom stereocenters. The standard InChI is InChI=1S/C17H20N2O5/c18-17(16(23)24)7-10(12-13(14(12)17)15(21)22)6-11(20)19-8-9-4-2-1-3-5-9/h1-5,10,12-14H,6-8,18H2,(H,19,20)(H,21,22)(H,23,24)/t10-,12?,13-,14?,17-/m0/s1. The maximum absolute atomic E-state index is 12.1. The number of fused-ring (bicyclic) bond motifs is 1. The largest absolute Gasteiger partial charge is 0.481 e. The van der Waals surface area contributed by atoms with Gasteiger partial charge in [0.15, 0.2) is 0 Å². The van der Waals surface area contributed by atoms with Crippen LogP contribution in [0.1, 0.15) is 18.4 Å². The van der Waals surface area contributed by atoms with Crippen molar-refractivity contribution < 1.29 is 24.6 Å². The van der Waals surface area contributed by atoms with Crippen LogP contribution < -0.4 is 11.1 Å². The van der Waals surface area contributed by atoms with E-state index in [1.165, 1.54) is 0 Å². The molecule has 5 N–H and O–H groups in total. The number of rotatable bonds is 6. The van der Waals surface area contributed by atoms with Crippen LogP contribution in [-0.4, -0.2) is 33.6 Å². The molecule has 0 aliphatic heterocycles. The summed E-state index contributed by atoms with van der Waals surface area (Å²) in [6.07, 6.45) is 0.240. The number of benzene rings is 1. The summed E-state index contributed by atoms with van der Waals surface area (Å²) in [6, 6.07) is 9.42. The van der Waals surface area contributed by atoms with Crippen molar-refractivity contribution in [2.24, 2.45) is 29.4 Å². The first kappa shape index (κ1) is 16.4. The van der Waals surface area contributed by atoms with Crippen LogP contribution in [0.25, 0.3) is 0 Å². The highest BCUT2D eigenvalue weighted by Crippen LogP contribution is 2.65. The normalized spacial score (nSPS) is 33.5. The number of nitrogens with one attached hydrogen (secondary N) is 1. The fourth-order valence-electron chi connectivity index (χ4n) is 4.15. The van der Waals surface area contributed by atoms with E-state index in [9.17, 15) is 24.6 Å². The number of carboxylic acids is 2. The summed E-state index contributed by atoms with van der Waals surface area (Å²) in [4.78, 5) is 34.9. The SMILES string of the molecule is N[C@@]1(C(=O)O)C[C@H](CC(=O)NCc2ccccc2)C2C1[C@H]2C(=O)O. The third-order valence-electron chi connectivity index (χ3n) is 5.28. The number of carbonyl (C=O) groups excluding carboxylic acids is 1. The summed E-state index contributed by atoms with van der Waals surface area (Å²) in [7, 11) is 0. The number of nitrogens with two attached hydrogens (primary N) is 1. The van der Waals surface area contributed by atoms with Crippen molar-refractivity contribution >= 4 is 17.8 Å². The quantitative estimate of drug-likeness (QED) is 0.598. The molecule has 2 fully saturated rings. The molecular weight excluding hydrogens is 312 g/mol. The summed E-state index contributed by atoms with van der Waals surface area (Å²) in [5.74, 6) is -4.41. The summed E-state index contributed by atoms with van der Waals surface area (Å²) < 4.78 is 0. The molecule has 3 rings (SSSR count). The van der Waals surface area contributed by atoms with E-state index in [1.807, 2.05) is 30.3 Å². The zero-order valence-corrected chi connectivity index (χ0v) is 13.0. The topological polar surface area (TPSA) is 130 Å². The zero-order chi connectivity index (χ0) is 17.5. The van der Waals surface area contributed by atoms with Crippen molar-refractivity contribution in [3.63, 3.8) is 0 Å². The molecule has 1 aromatic carbocycles. The predicted molar refractivity (Wildman–Crippen MR) is 83.7 cm³/mol. The fraction of sp³-hybridized carbons (Fsp3) is 0.471. The highest BCUT2D eigenvalue weighted by molar-refractivity contribution is 5.86. The Kier molecular flexibility index (Phi) is 4.04. The molecule has 7 nitrogen and oxygen atoms in total. The summed E-state index contributed by atoms with van der Waals surface area (Å²) in [5, 5.41) is 21.4. The lowest BCUT2D eigenvalue weighted by Crippen LogP contribution is -2.50. The van der Waals surface area contributed by atoms with Gasteiger partial charge in [-0.3, -0.25) is 14.4 Å². The lowest BCUT2D eigenvalue weighted by atomic mass is 9.86.